The minimum Gasteiger partial charge on any atom is -0.0695 e. The van der Waals surface area contributed by atoms with Crippen molar-refractivity contribution < 1.29 is 0 Å². The molecule has 2 atom stereocenters. The molecule has 0 amide bonds. The molecule has 2 saturated carbocycles. The number of hydrogen-bond acceptors (Lipinski definition) is 0. The van der Waals surface area contributed by atoms with Gasteiger partial charge in [-0.15, -0.1) is 0 Å². The third-order valence-corrected chi connectivity index (χ3v) is 19.6. The number of benzene rings is 4. The second-order valence-electron chi connectivity index (χ2n) is 22.6. The van der Waals surface area contributed by atoms with Gasteiger partial charge < -0.3 is 0 Å². The van der Waals surface area contributed by atoms with Crippen molar-refractivity contribution in [1.82, 2.24) is 0 Å². The van der Waals surface area contributed by atoms with Crippen LogP contribution in [0.5, 0.6) is 0 Å². The van der Waals surface area contributed by atoms with E-state index in [1.807, 2.05) is 11.1 Å². The fourth-order valence-electron chi connectivity index (χ4n) is 13.3. The monoisotopic (exact) mass is 810 g/mol. The van der Waals surface area contributed by atoms with Crippen molar-refractivity contribution in [2.45, 2.75) is 186 Å². The van der Waals surface area contributed by atoms with Gasteiger partial charge in [-0.05, 0) is 163 Å². The van der Waals surface area contributed by atoms with Crippen molar-refractivity contribution in [2.75, 3.05) is 0 Å². The second-order valence-corrected chi connectivity index (χ2v) is 25.3. The number of fused-ring (bicyclic) bond motifs is 4. The summed E-state index contributed by atoms with van der Waals surface area (Å²) in [7, 11) is -0.982. The first kappa shape index (κ1) is 40.6. The van der Waals surface area contributed by atoms with Crippen LogP contribution >= 0.6 is 0 Å². The smallest absolute Gasteiger partial charge is 0.0695 e. The van der Waals surface area contributed by atoms with Gasteiger partial charge in [0.25, 0.3) is 0 Å². The first-order valence-corrected chi connectivity index (χ1v) is 26.9. The molecule has 0 heterocycles. The Morgan fingerprint density at radius 2 is 0.867 bits per heavy atom. The molecule has 2 fully saturated rings. The lowest BCUT2D eigenvalue weighted by Crippen LogP contribution is -2.31. The first-order chi connectivity index (χ1) is 28.9. The van der Waals surface area contributed by atoms with Crippen LogP contribution in [0.2, 0.25) is 6.55 Å². The van der Waals surface area contributed by atoms with Gasteiger partial charge in [0.2, 0.25) is 0 Å². The van der Waals surface area contributed by atoms with Gasteiger partial charge in [0.15, 0.2) is 0 Å². The van der Waals surface area contributed by atoms with Gasteiger partial charge in [-0.1, -0.05) is 196 Å². The average molecular weight is 810 g/mol. The fourth-order valence-corrected chi connectivity index (χ4v) is 16.6. The number of aryl methyl sites for hydroxylation is 2. The van der Waals surface area contributed by atoms with E-state index in [1.54, 1.807) is 55.6 Å². The Balaban J connectivity index is 1.13. The Morgan fingerprint density at radius 3 is 1.23 bits per heavy atom. The van der Waals surface area contributed by atoms with E-state index < -0.39 is 8.80 Å². The van der Waals surface area contributed by atoms with Crippen LogP contribution in [0.4, 0.5) is 0 Å². The van der Waals surface area contributed by atoms with E-state index in [0.29, 0.717) is 11.1 Å². The predicted octanol–water partition coefficient (Wildman–Crippen LogP) is 16.4. The van der Waals surface area contributed by atoms with Gasteiger partial charge in [-0.25, -0.2) is 0 Å². The zero-order valence-electron chi connectivity index (χ0n) is 38.5. The zero-order chi connectivity index (χ0) is 41.3. The molecule has 2 unspecified atom stereocenters. The van der Waals surface area contributed by atoms with Gasteiger partial charge in [0, 0.05) is 0 Å². The molecule has 0 aromatic heterocycles. The molecule has 6 aliphatic rings. The van der Waals surface area contributed by atoms with Crippen molar-refractivity contribution in [1.29, 1.82) is 0 Å². The highest BCUT2D eigenvalue weighted by molar-refractivity contribution is 6.63. The molecule has 0 spiro atoms. The van der Waals surface area contributed by atoms with Gasteiger partial charge in [-0.2, -0.15) is 0 Å². The van der Waals surface area contributed by atoms with Crippen LogP contribution in [-0.4, -0.2) is 8.80 Å². The number of hydrogen-bond donors (Lipinski definition) is 0. The summed E-state index contributed by atoms with van der Waals surface area (Å²) < 4.78 is 0. The molecule has 10 rings (SSSR count). The molecule has 0 aliphatic heterocycles. The SMILES string of the molecule is C[Si](C1C(CC2CCCCC2)=Cc2c1cc1c(c2-c2ccc(C(C)(C)C)cc2)CCC1)C1C(CC2CCCCC2)=Cc2c1cc1c(c2-c2ccc(C(C)(C)C)cc2)CCC1. The van der Waals surface area contributed by atoms with Crippen LogP contribution in [0.1, 0.15) is 198 Å². The molecular formula is C59H73Si. The molecule has 60 heavy (non-hydrogen) atoms. The quantitative estimate of drug-likeness (QED) is 0.156. The average Bonchev–Trinajstić information content (AvgIpc) is 4.04. The van der Waals surface area contributed by atoms with Crippen LogP contribution < -0.4 is 0 Å². The summed E-state index contributed by atoms with van der Waals surface area (Å²) in [5, 5.41) is 0. The van der Waals surface area contributed by atoms with E-state index >= 15 is 0 Å². The summed E-state index contributed by atoms with van der Waals surface area (Å²) >= 11 is 0. The molecule has 0 nitrogen and oxygen atoms in total. The van der Waals surface area contributed by atoms with Gasteiger partial charge in [0.1, 0.15) is 0 Å². The van der Waals surface area contributed by atoms with E-state index in [4.69, 9.17) is 0 Å². The maximum Gasteiger partial charge on any atom is 0.0718 e. The second kappa shape index (κ2) is 16.0. The molecule has 313 valence electrons. The van der Waals surface area contributed by atoms with E-state index in [1.165, 1.54) is 138 Å². The zero-order valence-corrected chi connectivity index (χ0v) is 39.5. The number of allylic oxidation sites excluding steroid dienone is 2. The van der Waals surface area contributed by atoms with Gasteiger partial charge in [0.05, 0.1) is 8.80 Å². The standard InChI is InChI=1S/C59H73Si/c1-58(2,3)46-28-24-40(25-29-46)54-48-22-14-20-42(48)34-52-50(54)36-44(32-38-16-10-8-11-17-38)56(52)60(7)57-45(33-39-18-12-9-13-19-39)37-51-53(57)35-43-21-15-23-49(43)55(51)41-26-30-47(31-27-41)59(4,5)6/h24-31,34-39,56-57H,8-23,32-33H2,1-7H3. The van der Waals surface area contributed by atoms with Crippen molar-refractivity contribution in [3.63, 3.8) is 0 Å². The highest BCUT2D eigenvalue weighted by Gasteiger charge is 2.44. The highest BCUT2D eigenvalue weighted by atomic mass is 28.3. The van der Waals surface area contributed by atoms with Crippen LogP contribution in [-0.2, 0) is 36.5 Å². The maximum atomic E-state index is 2.82. The summed E-state index contributed by atoms with van der Waals surface area (Å²) in [6.45, 7) is 17.0. The van der Waals surface area contributed by atoms with Crippen LogP contribution in [0.25, 0.3) is 34.4 Å². The molecule has 4 aromatic rings. The predicted molar refractivity (Wildman–Crippen MR) is 261 cm³/mol. The minimum atomic E-state index is -0.982. The lowest BCUT2D eigenvalue weighted by molar-refractivity contribution is 0.353. The first-order valence-electron chi connectivity index (χ1n) is 24.8. The number of rotatable bonds is 8. The molecule has 4 aromatic carbocycles. The van der Waals surface area contributed by atoms with Crippen LogP contribution in [0.15, 0.2) is 71.8 Å². The summed E-state index contributed by atoms with van der Waals surface area (Å²) in [4.78, 5) is 0. The van der Waals surface area contributed by atoms with Gasteiger partial charge >= 0.3 is 0 Å². The van der Waals surface area contributed by atoms with E-state index in [2.05, 4.69) is 121 Å². The summed E-state index contributed by atoms with van der Waals surface area (Å²) in [5.74, 6) is 1.69. The van der Waals surface area contributed by atoms with Gasteiger partial charge in [-0.3, -0.25) is 0 Å². The van der Waals surface area contributed by atoms with E-state index in [9.17, 15) is 0 Å². The normalized spacial score (nSPS) is 21.9. The largest absolute Gasteiger partial charge is 0.0718 e. The highest BCUT2D eigenvalue weighted by Crippen LogP contribution is 2.56. The Labute approximate surface area is 366 Å². The van der Waals surface area contributed by atoms with Crippen molar-refractivity contribution in [3.05, 3.63) is 127 Å². The summed E-state index contributed by atoms with van der Waals surface area (Å²) in [6, 6.07) is 25.3. The molecule has 6 aliphatic carbocycles. The summed E-state index contributed by atoms with van der Waals surface area (Å²) in [5.41, 5.74) is 27.4. The molecule has 0 saturated heterocycles. The maximum absolute atomic E-state index is 2.82. The van der Waals surface area contributed by atoms with Crippen molar-refractivity contribution >= 4 is 20.9 Å². The lowest BCUT2D eigenvalue weighted by atomic mass is 9.84. The third kappa shape index (κ3) is 7.49. The lowest BCUT2D eigenvalue weighted by Gasteiger charge is -2.34. The Hall–Kier alpha value is -3.42. The molecule has 1 radical (unpaired) electrons. The molecule has 0 bridgehead atoms. The Bertz CT molecular complexity index is 2140. The van der Waals surface area contributed by atoms with E-state index in [0.717, 1.165) is 11.8 Å². The fraction of sp³-hybridized carbons (Fsp3) is 0.525. The third-order valence-electron chi connectivity index (χ3n) is 16.5. The minimum absolute atomic E-state index is 0.160. The Morgan fingerprint density at radius 1 is 0.483 bits per heavy atom. The van der Waals surface area contributed by atoms with Crippen molar-refractivity contribution in [2.24, 2.45) is 11.8 Å². The topological polar surface area (TPSA) is 0 Å². The Kier molecular flexibility index (Phi) is 10.9. The molecule has 1 heteroatoms. The van der Waals surface area contributed by atoms with Crippen LogP contribution in [0, 0.1) is 11.8 Å². The van der Waals surface area contributed by atoms with Crippen molar-refractivity contribution in [3.8, 4) is 22.3 Å². The molecule has 0 N–H and O–H groups in total. The summed E-state index contributed by atoms with van der Waals surface area (Å²) in [6.07, 6.45) is 30.1. The van der Waals surface area contributed by atoms with E-state index in [-0.39, 0.29) is 10.8 Å². The molecular weight excluding hydrogens is 737 g/mol. The van der Waals surface area contributed by atoms with Crippen LogP contribution in [0.3, 0.4) is 0 Å².